The number of carbonyl (C=O) groups excluding carboxylic acids is 1. The molecule has 2 nitrogen and oxygen atoms in total. The van der Waals surface area contributed by atoms with Gasteiger partial charge in [0.1, 0.15) is 5.78 Å². The van der Waals surface area contributed by atoms with Gasteiger partial charge >= 0.3 is 0 Å². The topological polar surface area (TPSA) is 37.3 Å². The van der Waals surface area contributed by atoms with E-state index in [1.807, 2.05) is 66.7 Å². The summed E-state index contributed by atoms with van der Waals surface area (Å²) in [6, 6.07) is 32.3. The number of hydrogen-bond acceptors (Lipinski definition) is 2. The Balaban J connectivity index is 0.000000128. The van der Waals surface area contributed by atoms with E-state index in [1.54, 1.807) is 0 Å². The summed E-state index contributed by atoms with van der Waals surface area (Å²) < 4.78 is 0.952. The fourth-order valence-corrected chi connectivity index (χ4v) is 8.78. The molecule has 4 aromatic rings. The van der Waals surface area contributed by atoms with Crippen molar-refractivity contribution in [2.45, 2.75) is 57.0 Å². The van der Waals surface area contributed by atoms with E-state index in [-0.39, 0.29) is 0 Å². The van der Waals surface area contributed by atoms with Gasteiger partial charge in [0, 0.05) is 27.4 Å². The van der Waals surface area contributed by atoms with Crippen LogP contribution < -0.4 is 0 Å². The fraction of sp³-hybridized carbons (Fsp3) is 0.342. The maximum atomic E-state index is 11.4. The first kappa shape index (κ1) is 30.6. The second kappa shape index (κ2) is 13.3. The van der Waals surface area contributed by atoms with Crippen LogP contribution in [-0.4, -0.2) is 10.9 Å². The predicted octanol–water partition coefficient (Wildman–Crippen LogP) is 11.2. The van der Waals surface area contributed by atoms with Gasteiger partial charge in [-0.25, -0.2) is 0 Å². The first-order valence-corrected chi connectivity index (χ1v) is 17.0. The smallest absolute Gasteiger partial charge is 0.136 e. The van der Waals surface area contributed by atoms with Gasteiger partial charge in [0.2, 0.25) is 0 Å². The molecule has 5 atom stereocenters. The molecule has 4 saturated carbocycles. The van der Waals surface area contributed by atoms with E-state index in [4.69, 9.17) is 23.2 Å². The summed E-state index contributed by atoms with van der Waals surface area (Å²) in [5.74, 6) is 2.87. The van der Waals surface area contributed by atoms with Crippen LogP contribution in [0.5, 0.6) is 0 Å². The zero-order chi connectivity index (χ0) is 30.0. The van der Waals surface area contributed by atoms with E-state index >= 15 is 0 Å². The molecule has 0 aromatic heterocycles. The molecule has 0 saturated heterocycles. The highest BCUT2D eigenvalue weighted by Gasteiger charge is 2.52. The van der Waals surface area contributed by atoms with Crippen LogP contribution in [0.4, 0.5) is 0 Å². The Kier molecular flexibility index (Phi) is 9.45. The Hall–Kier alpha value is -2.43. The largest absolute Gasteiger partial charge is 0.385 e. The number of fused-ring (bicyclic) bond motifs is 4. The zero-order valence-electron chi connectivity index (χ0n) is 24.2. The summed E-state index contributed by atoms with van der Waals surface area (Å²) in [6.45, 7) is 0. The molecular formula is C38H37BrCl2O2. The first-order valence-electron chi connectivity index (χ1n) is 15.4. The molecule has 5 heteroatoms. The van der Waals surface area contributed by atoms with Crippen molar-refractivity contribution in [1.29, 1.82) is 0 Å². The molecule has 1 N–H and O–H groups in total. The molecule has 0 spiro atoms. The molecule has 4 bridgehead atoms. The molecule has 5 unspecified atom stereocenters. The zero-order valence-corrected chi connectivity index (χ0v) is 27.3. The number of aliphatic hydroxyl groups is 1. The van der Waals surface area contributed by atoms with Crippen molar-refractivity contribution >= 4 is 44.9 Å². The Morgan fingerprint density at radius 2 is 1.28 bits per heavy atom. The Labute approximate surface area is 273 Å². The molecule has 0 radical (unpaired) electrons. The molecule has 4 fully saturated rings. The van der Waals surface area contributed by atoms with E-state index in [2.05, 4.69) is 46.3 Å². The standard InChI is InChI=1S/C19H19ClO.C12H8BrCl.C7H10O/c20-17-8-4-7-16(14-5-2-1-3-6-14)18(17)19(21)12-13-9-10-15(19)11-13;13-12-10(7-4-8-11(12)14)9-5-2-1-3-6-9;8-7-4-5-1-2-6(7)3-5/h1-8,13,15,21H,9-12H2;1-8H;5-6H,1-4H2. The molecule has 222 valence electrons. The van der Waals surface area contributed by atoms with E-state index < -0.39 is 5.60 Å². The highest BCUT2D eigenvalue weighted by Crippen LogP contribution is 2.58. The third-order valence-corrected chi connectivity index (χ3v) is 11.6. The number of halogens is 3. The van der Waals surface area contributed by atoms with Gasteiger partial charge in [-0.15, -0.1) is 0 Å². The van der Waals surface area contributed by atoms with Crippen LogP contribution in [0.15, 0.2) is 102 Å². The van der Waals surface area contributed by atoms with Crippen LogP contribution in [0.1, 0.15) is 56.9 Å². The summed E-state index contributed by atoms with van der Waals surface area (Å²) in [7, 11) is 0. The van der Waals surface area contributed by atoms with Crippen molar-refractivity contribution in [2.24, 2.45) is 23.7 Å². The SMILES string of the molecule is Clc1cccc(-c2ccccc2)c1Br.O=C1CC2CCC1C2.OC1(c2c(Cl)cccc2-c2ccccc2)CC2CCC1C2. The van der Waals surface area contributed by atoms with Crippen LogP contribution in [0.25, 0.3) is 22.3 Å². The highest BCUT2D eigenvalue weighted by atomic mass is 79.9. The minimum Gasteiger partial charge on any atom is -0.385 e. The monoisotopic (exact) mass is 674 g/mol. The predicted molar refractivity (Wildman–Crippen MR) is 181 cm³/mol. The van der Waals surface area contributed by atoms with Crippen LogP contribution in [0.3, 0.4) is 0 Å². The molecular weight excluding hydrogens is 639 g/mol. The van der Waals surface area contributed by atoms with E-state index in [1.165, 1.54) is 31.2 Å². The Morgan fingerprint density at radius 3 is 1.79 bits per heavy atom. The van der Waals surface area contributed by atoms with Crippen LogP contribution >= 0.6 is 39.1 Å². The van der Waals surface area contributed by atoms with Crippen molar-refractivity contribution in [1.82, 2.24) is 0 Å². The third kappa shape index (κ3) is 6.52. The molecule has 0 amide bonds. The van der Waals surface area contributed by atoms with Crippen molar-refractivity contribution in [3.05, 3.63) is 117 Å². The van der Waals surface area contributed by atoms with Crippen molar-refractivity contribution in [2.75, 3.05) is 0 Å². The fourth-order valence-electron chi connectivity index (χ4n) is 7.78. The molecule has 4 aliphatic carbocycles. The lowest BCUT2D eigenvalue weighted by Crippen LogP contribution is -2.33. The van der Waals surface area contributed by atoms with Crippen LogP contribution in [0.2, 0.25) is 10.0 Å². The number of Topliss-reactive ketones (excluding diaryl/α,β-unsaturated/α-hetero) is 1. The van der Waals surface area contributed by atoms with Crippen molar-refractivity contribution in [3.63, 3.8) is 0 Å². The molecule has 4 aromatic carbocycles. The summed E-state index contributed by atoms with van der Waals surface area (Å²) in [4.78, 5) is 10.8. The lowest BCUT2D eigenvalue weighted by atomic mass is 9.76. The van der Waals surface area contributed by atoms with Gasteiger partial charge in [-0.05, 0) is 113 Å². The Bertz CT molecular complexity index is 1570. The van der Waals surface area contributed by atoms with E-state index in [9.17, 15) is 9.90 Å². The highest BCUT2D eigenvalue weighted by molar-refractivity contribution is 9.10. The Morgan fingerprint density at radius 1 is 0.674 bits per heavy atom. The third-order valence-electron chi connectivity index (χ3n) is 9.87. The second-order valence-electron chi connectivity index (χ2n) is 12.5. The van der Waals surface area contributed by atoms with Gasteiger partial charge in [0.05, 0.1) is 10.6 Å². The molecule has 0 heterocycles. The van der Waals surface area contributed by atoms with Crippen LogP contribution in [-0.2, 0) is 10.4 Å². The number of hydrogen-bond donors (Lipinski definition) is 1. The number of benzene rings is 4. The quantitative estimate of drug-likeness (QED) is 0.235. The van der Waals surface area contributed by atoms with E-state index in [0.717, 1.165) is 63.4 Å². The van der Waals surface area contributed by atoms with Gasteiger partial charge in [-0.2, -0.15) is 0 Å². The molecule has 8 rings (SSSR count). The van der Waals surface area contributed by atoms with E-state index in [0.29, 0.717) is 28.6 Å². The first-order chi connectivity index (χ1) is 20.8. The van der Waals surface area contributed by atoms with Gasteiger partial charge in [-0.1, -0.05) is 108 Å². The normalized spacial score (nSPS) is 26.5. The maximum Gasteiger partial charge on any atom is 0.136 e. The summed E-state index contributed by atoms with van der Waals surface area (Å²) in [6.07, 6.45) is 9.05. The summed E-state index contributed by atoms with van der Waals surface area (Å²) in [5, 5.41) is 12.8. The lowest BCUT2D eigenvalue weighted by Gasteiger charge is -2.35. The molecule has 4 aliphatic rings. The summed E-state index contributed by atoms with van der Waals surface area (Å²) in [5.41, 5.74) is 4.71. The summed E-state index contributed by atoms with van der Waals surface area (Å²) >= 11 is 16.0. The minimum absolute atomic E-state index is 0.366. The van der Waals surface area contributed by atoms with Gasteiger partial charge in [0.15, 0.2) is 0 Å². The maximum absolute atomic E-state index is 11.4. The number of ketones is 1. The van der Waals surface area contributed by atoms with Crippen LogP contribution in [0, 0.1) is 23.7 Å². The second-order valence-corrected chi connectivity index (χ2v) is 14.2. The van der Waals surface area contributed by atoms with Gasteiger partial charge in [0.25, 0.3) is 0 Å². The van der Waals surface area contributed by atoms with Crippen molar-refractivity contribution < 1.29 is 9.90 Å². The average molecular weight is 677 g/mol. The van der Waals surface area contributed by atoms with Crippen molar-refractivity contribution in [3.8, 4) is 22.3 Å². The average Bonchev–Trinajstić information content (AvgIpc) is 3.83. The number of carbonyl (C=O) groups is 1. The number of rotatable bonds is 3. The molecule has 0 aliphatic heterocycles. The molecule has 43 heavy (non-hydrogen) atoms. The minimum atomic E-state index is -0.744. The van der Waals surface area contributed by atoms with Gasteiger partial charge in [-0.3, -0.25) is 4.79 Å². The van der Waals surface area contributed by atoms with Gasteiger partial charge < -0.3 is 5.11 Å². The lowest BCUT2D eigenvalue weighted by molar-refractivity contribution is -0.121.